The predicted octanol–water partition coefficient (Wildman–Crippen LogP) is 7.51. The van der Waals surface area contributed by atoms with Crippen LogP contribution in [0.15, 0.2) is 133 Å². The molecular weight excluding hydrogens is 719 g/mol. The molecule has 3 amide bonds. The number of likely N-dealkylation sites (tertiary alicyclic amines) is 1. The standard InChI is InChI=1S/C46H49N5O6/c1-32-41(29-50-26-24-46(25-27-50)44(53)48-31-51(46)38-8-4-2-5-9-38)56-43(57-42(32)35-16-14-34(30-52)15-17-35)36-18-12-33(13-19-36)28-47-45(54)49-37-20-22-40(23-21-37)55-39-10-6-3-7-11-39/h2-23,32,41-43,52H,24-31H2,1H3,(H,48,53)(H2,47,49,54)/t32-,41+,42+,43+/m0/s1. The normalized spacial score (nSPS) is 21.9. The third-order valence-electron chi connectivity index (χ3n) is 11.4. The summed E-state index contributed by atoms with van der Waals surface area (Å²) in [6, 6.07) is 42.5. The summed E-state index contributed by atoms with van der Waals surface area (Å²) in [7, 11) is 0. The summed E-state index contributed by atoms with van der Waals surface area (Å²) in [5.41, 5.74) is 4.85. The molecule has 3 aliphatic heterocycles. The van der Waals surface area contributed by atoms with Gasteiger partial charge in [-0.1, -0.05) is 91.9 Å². The van der Waals surface area contributed by atoms with E-state index in [1.165, 1.54) is 0 Å². The van der Waals surface area contributed by atoms with Crippen molar-refractivity contribution in [3.63, 3.8) is 0 Å². The fourth-order valence-corrected chi connectivity index (χ4v) is 8.10. The van der Waals surface area contributed by atoms with Gasteiger partial charge in [-0.3, -0.25) is 4.79 Å². The highest BCUT2D eigenvalue weighted by Gasteiger charge is 2.51. The van der Waals surface area contributed by atoms with Crippen molar-refractivity contribution in [1.82, 2.24) is 15.5 Å². The molecule has 3 aliphatic rings. The molecule has 0 aliphatic carbocycles. The molecule has 4 N–H and O–H groups in total. The maximum absolute atomic E-state index is 13.3. The molecule has 5 aromatic rings. The number of aliphatic hydroxyl groups excluding tert-OH is 1. The number of aliphatic hydroxyl groups is 1. The Hall–Kier alpha value is -5.72. The van der Waals surface area contributed by atoms with Crippen LogP contribution in [0.25, 0.3) is 0 Å². The number of ether oxygens (including phenoxy) is 3. The number of urea groups is 1. The maximum Gasteiger partial charge on any atom is 0.319 e. The molecule has 57 heavy (non-hydrogen) atoms. The number of carbonyl (C=O) groups is 2. The van der Waals surface area contributed by atoms with Crippen molar-refractivity contribution in [2.24, 2.45) is 5.92 Å². The van der Waals surface area contributed by atoms with Crippen LogP contribution in [0.4, 0.5) is 16.2 Å². The van der Waals surface area contributed by atoms with Crippen LogP contribution < -0.4 is 25.6 Å². The highest BCUT2D eigenvalue weighted by molar-refractivity contribution is 5.93. The molecule has 4 atom stereocenters. The Kier molecular flexibility index (Phi) is 11.5. The lowest BCUT2D eigenvalue weighted by Crippen LogP contribution is -2.57. The number of hydrogen-bond donors (Lipinski definition) is 4. The topological polar surface area (TPSA) is 125 Å². The van der Waals surface area contributed by atoms with E-state index in [0.717, 1.165) is 59.6 Å². The van der Waals surface area contributed by atoms with E-state index in [1.54, 1.807) is 12.1 Å². The van der Waals surface area contributed by atoms with Crippen LogP contribution in [-0.4, -0.2) is 59.9 Å². The number of nitrogens with one attached hydrogen (secondary N) is 3. The molecule has 0 bridgehead atoms. The van der Waals surface area contributed by atoms with E-state index < -0.39 is 11.8 Å². The summed E-state index contributed by atoms with van der Waals surface area (Å²) >= 11 is 0. The smallest absolute Gasteiger partial charge is 0.319 e. The van der Waals surface area contributed by atoms with Crippen molar-refractivity contribution >= 4 is 23.3 Å². The fourth-order valence-electron chi connectivity index (χ4n) is 8.10. The molecular formula is C46H49N5O6. The zero-order valence-corrected chi connectivity index (χ0v) is 32.1. The van der Waals surface area contributed by atoms with Gasteiger partial charge < -0.3 is 45.1 Å². The molecule has 0 aromatic heterocycles. The van der Waals surface area contributed by atoms with Gasteiger partial charge in [0.1, 0.15) is 17.0 Å². The Bertz CT molecular complexity index is 2090. The Morgan fingerprint density at radius 3 is 2.12 bits per heavy atom. The van der Waals surface area contributed by atoms with E-state index in [-0.39, 0.29) is 36.7 Å². The molecule has 3 fully saturated rings. The number of rotatable bonds is 11. The molecule has 5 aromatic carbocycles. The van der Waals surface area contributed by atoms with E-state index in [1.807, 2.05) is 109 Å². The maximum atomic E-state index is 13.3. The number of piperidine rings is 1. The highest BCUT2D eigenvalue weighted by atomic mass is 16.7. The predicted molar refractivity (Wildman–Crippen MR) is 219 cm³/mol. The second-order valence-electron chi connectivity index (χ2n) is 15.1. The Labute approximate surface area is 333 Å². The Morgan fingerprint density at radius 1 is 0.807 bits per heavy atom. The zero-order valence-electron chi connectivity index (χ0n) is 32.1. The number of carbonyl (C=O) groups excluding carboxylic acids is 2. The Balaban J connectivity index is 0.902. The molecule has 1 spiro atoms. The van der Waals surface area contributed by atoms with E-state index in [9.17, 15) is 14.7 Å². The van der Waals surface area contributed by atoms with E-state index in [0.29, 0.717) is 31.2 Å². The average molecular weight is 768 g/mol. The first-order valence-electron chi connectivity index (χ1n) is 19.7. The van der Waals surface area contributed by atoms with Crippen LogP contribution in [-0.2, 0) is 27.4 Å². The number of hydrogen-bond acceptors (Lipinski definition) is 8. The summed E-state index contributed by atoms with van der Waals surface area (Å²) in [6.45, 7) is 5.25. The third-order valence-corrected chi connectivity index (χ3v) is 11.4. The van der Waals surface area contributed by atoms with Crippen LogP contribution in [0.5, 0.6) is 11.5 Å². The molecule has 11 nitrogen and oxygen atoms in total. The Morgan fingerprint density at radius 2 is 1.44 bits per heavy atom. The molecule has 0 unspecified atom stereocenters. The lowest BCUT2D eigenvalue weighted by atomic mass is 9.84. The van der Waals surface area contributed by atoms with Crippen LogP contribution in [0, 0.1) is 5.92 Å². The second-order valence-corrected chi connectivity index (χ2v) is 15.1. The summed E-state index contributed by atoms with van der Waals surface area (Å²) in [6.07, 6.45) is 0.454. The van der Waals surface area contributed by atoms with Crippen LogP contribution >= 0.6 is 0 Å². The van der Waals surface area contributed by atoms with Crippen LogP contribution in [0.2, 0.25) is 0 Å². The largest absolute Gasteiger partial charge is 0.457 e. The number of benzene rings is 5. The fraction of sp³-hybridized carbons (Fsp3) is 0.304. The first-order chi connectivity index (χ1) is 27.9. The van der Waals surface area contributed by atoms with Crippen molar-refractivity contribution in [3.05, 3.63) is 156 Å². The minimum absolute atomic E-state index is 0.0214. The number of para-hydroxylation sites is 2. The SMILES string of the molecule is C[C@H]1[C@@H](CN2CCC3(CC2)C(=O)NCN3c2ccccc2)O[C@@H](c2ccc(CNC(=O)Nc3ccc(Oc4ccccc4)cc3)cc2)O[C@H]1c1ccc(CO)cc1. The van der Waals surface area contributed by atoms with Crippen molar-refractivity contribution in [2.45, 2.75) is 57.0 Å². The first kappa shape index (κ1) is 38.2. The van der Waals surface area contributed by atoms with Crippen molar-refractivity contribution < 1.29 is 28.9 Å². The monoisotopic (exact) mass is 767 g/mol. The lowest BCUT2D eigenvalue weighted by molar-refractivity contribution is -0.276. The molecule has 294 valence electrons. The molecule has 11 heteroatoms. The van der Waals surface area contributed by atoms with Gasteiger partial charge in [0.05, 0.1) is 25.5 Å². The quantitative estimate of drug-likeness (QED) is 0.109. The van der Waals surface area contributed by atoms with Gasteiger partial charge in [0, 0.05) is 49.0 Å². The average Bonchev–Trinajstić information content (AvgIpc) is 3.57. The first-order valence-corrected chi connectivity index (χ1v) is 19.7. The van der Waals surface area contributed by atoms with Gasteiger partial charge in [-0.15, -0.1) is 0 Å². The number of amides is 3. The van der Waals surface area contributed by atoms with Crippen LogP contribution in [0.3, 0.4) is 0 Å². The van der Waals surface area contributed by atoms with Gasteiger partial charge in [-0.05, 0) is 78.1 Å². The highest BCUT2D eigenvalue weighted by Crippen LogP contribution is 2.43. The number of nitrogens with zero attached hydrogens (tertiary/aromatic N) is 2. The lowest BCUT2D eigenvalue weighted by Gasteiger charge is -2.46. The minimum Gasteiger partial charge on any atom is -0.457 e. The van der Waals surface area contributed by atoms with E-state index in [4.69, 9.17) is 14.2 Å². The summed E-state index contributed by atoms with van der Waals surface area (Å²) in [4.78, 5) is 30.7. The minimum atomic E-state index is -0.613. The second kappa shape index (κ2) is 17.2. The molecule has 3 saturated heterocycles. The van der Waals surface area contributed by atoms with Crippen molar-refractivity contribution in [3.8, 4) is 11.5 Å². The van der Waals surface area contributed by atoms with Gasteiger partial charge in [-0.25, -0.2) is 4.79 Å². The summed E-state index contributed by atoms with van der Waals surface area (Å²) in [5, 5.41) is 18.6. The summed E-state index contributed by atoms with van der Waals surface area (Å²) < 4.78 is 19.3. The van der Waals surface area contributed by atoms with E-state index in [2.05, 4.69) is 44.8 Å². The molecule has 8 rings (SSSR count). The van der Waals surface area contributed by atoms with Gasteiger partial charge in [-0.2, -0.15) is 0 Å². The molecule has 0 saturated carbocycles. The van der Waals surface area contributed by atoms with Crippen LogP contribution in [0.1, 0.15) is 54.4 Å². The molecule has 3 heterocycles. The van der Waals surface area contributed by atoms with Gasteiger partial charge in [0.2, 0.25) is 5.91 Å². The molecule has 0 radical (unpaired) electrons. The zero-order chi connectivity index (χ0) is 39.2. The third kappa shape index (κ3) is 8.67. The van der Waals surface area contributed by atoms with Gasteiger partial charge >= 0.3 is 6.03 Å². The van der Waals surface area contributed by atoms with Crippen molar-refractivity contribution in [2.75, 3.05) is 36.5 Å². The van der Waals surface area contributed by atoms with Crippen molar-refractivity contribution in [1.29, 1.82) is 0 Å². The van der Waals surface area contributed by atoms with Gasteiger partial charge in [0.25, 0.3) is 0 Å². The summed E-state index contributed by atoms with van der Waals surface area (Å²) in [5.74, 6) is 1.56. The number of anilines is 2. The van der Waals surface area contributed by atoms with Gasteiger partial charge in [0.15, 0.2) is 6.29 Å². The van der Waals surface area contributed by atoms with E-state index >= 15 is 0 Å².